The second-order valence-corrected chi connectivity index (χ2v) is 11.1. The second kappa shape index (κ2) is 11.8. The number of ether oxygens (including phenoxy) is 1. The number of halogens is 1. The minimum Gasteiger partial charge on any atom is -0.494 e. The van der Waals surface area contributed by atoms with Gasteiger partial charge in [0.25, 0.3) is 21.6 Å². The Balaban J connectivity index is 1.63. The molecule has 0 unspecified atom stereocenters. The summed E-state index contributed by atoms with van der Waals surface area (Å²) in [6.45, 7) is 3.25. The van der Waals surface area contributed by atoms with Crippen molar-refractivity contribution in [3.05, 3.63) is 98.1 Å². The average Bonchev–Trinajstić information content (AvgIpc) is 2.91. The number of nitriles is 1. The number of carbonyl (C=O) groups is 1. The fourth-order valence-corrected chi connectivity index (χ4v) is 5.55. The standard InChI is InChI=1S/C27H25ClN4O6S/c1-2-11-38-22-8-7-20-13-26(31(17-21(20)12-22)16-19-5-3-18(15-29)4-6-19)27(33)30-39(36,37)23-9-10-24(28)25(14-23)32(34)35/h3-10,12,14,26H,2,11,13,16-17H2,1H3,(H,30,33)/t26-/m0/s1. The van der Waals surface area contributed by atoms with Crippen molar-refractivity contribution in [1.82, 2.24) is 9.62 Å². The first kappa shape index (κ1) is 28.0. The highest BCUT2D eigenvalue weighted by atomic mass is 35.5. The largest absolute Gasteiger partial charge is 0.494 e. The van der Waals surface area contributed by atoms with Crippen LogP contribution in [0.1, 0.15) is 35.6 Å². The molecular weight excluding hydrogens is 544 g/mol. The van der Waals surface area contributed by atoms with Gasteiger partial charge < -0.3 is 4.74 Å². The molecule has 3 aromatic rings. The summed E-state index contributed by atoms with van der Waals surface area (Å²) in [6.07, 6.45) is 1.09. The monoisotopic (exact) mass is 568 g/mol. The Hall–Kier alpha value is -3.98. The topological polar surface area (TPSA) is 143 Å². The highest BCUT2D eigenvalue weighted by Gasteiger charge is 2.34. The van der Waals surface area contributed by atoms with Crippen LogP contribution in [0.15, 0.2) is 65.6 Å². The van der Waals surface area contributed by atoms with Crippen LogP contribution >= 0.6 is 11.6 Å². The van der Waals surface area contributed by atoms with E-state index < -0.39 is 37.5 Å². The van der Waals surface area contributed by atoms with Crippen molar-refractivity contribution in [2.24, 2.45) is 0 Å². The van der Waals surface area contributed by atoms with Crippen LogP contribution in [0, 0.1) is 21.4 Å². The Morgan fingerprint density at radius 3 is 2.59 bits per heavy atom. The Bertz CT molecular complexity index is 1550. The molecular formula is C27H25ClN4O6S. The van der Waals surface area contributed by atoms with Gasteiger partial charge in [0.2, 0.25) is 0 Å². The van der Waals surface area contributed by atoms with Gasteiger partial charge >= 0.3 is 0 Å². The lowest BCUT2D eigenvalue weighted by Crippen LogP contribution is -2.51. The summed E-state index contributed by atoms with van der Waals surface area (Å²) in [5.41, 5.74) is 2.59. The summed E-state index contributed by atoms with van der Waals surface area (Å²) in [4.78, 5) is 25.3. The van der Waals surface area contributed by atoms with Crippen LogP contribution < -0.4 is 9.46 Å². The van der Waals surface area contributed by atoms with Gasteiger partial charge in [0.05, 0.1) is 34.1 Å². The van der Waals surface area contributed by atoms with Crippen LogP contribution in [0.3, 0.4) is 0 Å². The fraction of sp³-hybridized carbons (Fsp3) is 0.259. The number of nitro groups is 1. The van der Waals surface area contributed by atoms with Crippen LogP contribution in [-0.4, -0.2) is 36.8 Å². The van der Waals surface area contributed by atoms with Crippen LogP contribution in [0.2, 0.25) is 5.02 Å². The van der Waals surface area contributed by atoms with E-state index in [1.807, 2.05) is 30.0 Å². The number of nitrogens with zero attached hydrogens (tertiary/aromatic N) is 3. The molecule has 0 bridgehead atoms. The molecule has 0 aliphatic carbocycles. The molecule has 4 rings (SSSR count). The van der Waals surface area contributed by atoms with Gasteiger partial charge in [-0.1, -0.05) is 36.7 Å². The molecule has 0 spiro atoms. The van der Waals surface area contributed by atoms with Crippen molar-refractivity contribution in [3.8, 4) is 11.8 Å². The maximum Gasteiger partial charge on any atom is 0.289 e. The lowest BCUT2D eigenvalue weighted by Gasteiger charge is -2.36. The van der Waals surface area contributed by atoms with E-state index in [-0.39, 0.29) is 11.4 Å². The van der Waals surface area contributed by atoms with E-state index >= 15 is 0 Å². The third-order valence-corrected chi connectivity index (χ3v) is 7.97. The molecule has 0 saturated heterocycles. The third kappa shape index (κ3) is 6.54. The van der Waals surface area contributed by atoms with E-state index in [1.54, 1.807) is 24.3 Å². The molecule has 1 amide bonds. The summed E-state index contributed by atoms with van der Waals surface area (Å²) >= 11 is 5.81. The predicted octanol–water partition coefficient (Wildman–Crippen LogP) is 4.34. The molecule has 3 aromatic carbocycles. The number of fused-ring (bicyclic) bond motifs is 1. The molecule has 1 aliphatic rings. The van der Waals surface area contributed by atoms with Gasteiger partial charge in [0.1, 0.15) is 10.8 Å². The van der Waals surface area contributed by atoms with Gasteiger partial charge in [0.15, 0.2) is 0 Å². The maximum absolute atomic E-state index is 13.4. The number of nitro benzene ring substituents is 1. The van der Waals surface area contributed by atoms with E-state index in [1.165, 1.54) is 0 Å². The molecule has 10 nitrogen and oxygen atoms in total. The van der Waals surface area contributed by atoms with Crippen molar-refractivity contribution in [2.75, 3.05) is 6.61 Å². The van der Waals surface area contributed by atoms with Crippen LogP contribution in [0.4, 0.5) is 5.69 Å². The number of carbonyl (C=O) groups excluding carboxylic acids is 1. The van der Waals surface area contributed by atoms with Gasteiger partial charge in [-0.2, -0.15) is 5.26 Å². The van der Waals surface area contributed by atoms with Crippen LogP contribution in [-0.2, 0) is 34.3 Å². The maximum atomic E-state index is 13.4. The van der Waals surface area contributed by atoms with Crippen molar-refractivity contribution in [3.63, 3.8) is 0 Å². The minimum atomic E-state index is -4.43. The number of benzene rings is 3. The van der Waals surface area contributed by atoms with E-state index in [0.29, 0.717) is 31.0 Å². The Kier molecular flexibility index (Phi) is 8.50. The zero-order chi connectivity index (χ0) is 28.2. The molecule has 1 heterocycles. The lowest BCUT2D eigenvalue weighted by atomic mass is 9.92. The molecule has 12 heteroatoms. The molecule has 0 radical (unpaired) electrons. The van der Waals surface area contributed by atoms with Crippen molar-refractivity contribution in [1.29, 1.82) is 5.26 Å². The predicted molar refractivity (Wildman–Crippen MR) is 144 cm³/mol. The van der Waals surface area contributed by atoms with Gasteiger partial charge in [-0.15, -0.1) is 0 Å². The summed E-state index contributed by atoms with van der Waals surface area (Å²) in [7, 11) is -4.43. The smallest absolute Gasteiger partial charge is 0.289 e. The van der Waals surface area contributed by atoms with Gasteiger partial charge in [-0.25, -0.2) is 13.1 Å². The van der Waals surface area contributed by atoms with E-state index in [2.05, 4.69) is 10.8 Å². The highest BCUT2D eigenvalue weighted by Crippen LogP contribution is 2.30. The van der Waals surface area contributed by atoms with Crippen molar-refractivity contribution in [2.45, 2.75) is 43.8 Å². The number of amides is 1. The first-order chi connectivity index (χ1) is 18.6. The summed E-state index contributed by atoms with van der Waals surface area (Å²) in [5, 5.41) is 20.1. The zero-order valence-corrected chi connectivity index (χ0v) is 22.5. The number of nitrogens with one attached hydrogen (secondary N) is 1. The summed E-state index contributed by atoms with van der Waals surface area (Å²) < 4.78 is 33.9. The molecule has 1 N–H and O–H groups in total. The normalized spacial score (nSPS) is 15.2. The molecule has 0 aromatic heterocycles. The van der Waals surface area contributed by atoms with Gasteiger partial charge in [-0.05, 0) is 65.9 Å². The van der Waals surface area contributed by atoms with E-state index in [4.69, 9.17) is 21.6 Å². The van der Waals surface area contributed by atoms with Crippen molar-refractivity contribution < 1.29 is 22.9 Å². The first-order valence-corrected chi connectivity index (χ1v) is 14.0. The van der Waals surface area contributed by atoms with Gasteiger partial charge in [0, 0.05) is 19.2 Å². The van der Waals surface area contributed by atoms with E-state index in [0.717, 1.165) is 41.3 Å². The fourth-order valence-electron chi connectivity index (χ4n) is 4.33. The van der Waals surface area contributed by atoms with Crippen LogP contribution in [0.25, 0.3) is 0 Å². The highest BCUT2D eigenvalue weighted by molar-refractivity contribution is 7.90. The zero-order valence-electron chi connectivity index (χ0n) is 21.0. The minimum absolute atomic E-state index is 0.218. The summed E-state index contributed by atoms with van der Waals surface area (Å²) in [5.74, 6) is -0.0538. The Labute approximate surface area is 231 Å². The Morgan fingerprint density at radius 1 is 1.18 bits per heavy atom. The third-order valence-electron chi connectivity index (χ3n) is 6.31. The number of rotatable bonds is 9. The molecule has 1 aliphatic heterocycles. The molecule has 39 heavy (non-hydrogen) atoms. The SMILES string of the molecule is CCCOc1ccc2c(c1)CN(Cc1ccc(C#N)cc1)[C@H](C(=O)NS(=O)(=O)c1ccc(Cl)c([N+](=O)[O-])c1)C2. The Morgan fingerprint density at radius 2 is 1.92 bits per heavy atom. The average molecular weight is 569 g/mol. The molecule has 1 atom stereocenters. The van der Waals surface area contributed by atoms with E-state index in [9.17, 15) is 23.3 Å². The van der Waals surface area contributed by atoms with Crippen LogP contribution in [0.5, 0.6) is 5.75 Å². The number of sulfonamides is 1. The quantitative estimate of drug-likeness (QED) is 0.296. The molecule has 202 valence electrons. The molecule has 0 fully saturated rings. The summed E-state index contributed by atoms with van der Waals surface area (Å²) in [6, 6.07) is 16.8. The number of hydrogen-bond acceptors (Lipinski definition) is 8. The first-order valence-electron chi connectivity index (χ1n) is 12.1. The second-order valence-electron chi connectivity index (χ2n) is 9.05. The van der Waals surface area contributed by atoms with Crippen molar-refractivity contribution >= 4 is 33.2 Å². The number of hydrogen-bond donors (Lipinski definition) is 1. The molecule has 0 saturated carbocycles. The lowest BCUT2D eigenvalue weighted by molar-refractivity contribution is -0.384. The van der Waals surface area contributed by atoms with Gasteiger partial charge in [-0.3, -0.25) is 19.8 Å².